The Kier molecular flexibility index (Phi) is 0.588. The van der Waals surface area contributed by atoms with E-state index in [-0.39, 0.29) is 4.85 Å². The van der Waals surface area contributed by atoms with Crippen LogP contribution in [0.25, 0.3) is 0 Å². The van der Waals surface area contributed by atoms with Crippen molar-refractivity contribution in [1.82, 2.24) is 20.4 Å². The second kappa shape index (κ2) is 1.07. The van der Waals surface area contributed by atoms with E-state index < -0.39 is 5.69 Å². The van der Waals surface area contributed by atoms with E-state index in [9.17, 15) is 4.79 Å². The van der Waals surface area contributed by atoms with Crippen LogP contribution in [0.2, 0.25) is 0 Å². The van der Waals surface area contributed by atoms with E-state index in [1.807, 2.05) is 5.10 Å². The smallest absolute Gasteiger partial charge is 0.395 e. The summed E-state index contributed by atoms with van der Waals surface area (Å²) in [6, 6.07) is 0. The molecule has 1 aromatic heterocycles. The van der Waals surface area contributed by atoms with Crippen molar-refractivity contribution in [3.05, 3.63) is 10.5 Å². The van der Waals surface area contributed by atoms with Gasteiger partial charge in [0.05, 0.1) is 0 Å². The SMILES string of the molecule is O=c1[nH]nnn1O. The second-order valence-corrected chi connectivity index (χ2v) is 0.896. The van der Waals surface area contributed by atoms with Gasteiger partial charge in [0.15, 0.2) is 0 Å². The van der Waals surface area contributed by atoms with Crippen molar-refractivity contribution in [1.29, 1.82) is 0 Å². The van der Waals surface area contributed by atoms with Crippen molar-refractivity contribution in [2.24, 2.45) is 0 Å². The summed E-state index contributed by atoms with van der Waals surface area (Å²) in [6.07, 6.45) is 0. The first-order valence-electron chi connectivity index (χ1n) is 1.50. The summed E-state index contributed by atoms with van der Waals surface area (Å²) >= 11 is 0. The number of aromatic amines is 1. The van der Waals surface area contributed by atoms with E-state index in [1.165, 1.54) is 0 Å². The van der Waals surface area contributed by atoms with Crippen molar-refractivity contribution in [2.75, 3.05) is 0 Å². The van der Waals surface area contributed by atoms with Gasteiger partial charge in [-0.2, -0.15) is 0 Å². The van der Waals surface area contributed by atoms with Crippen molar-refractivity contribution >= 4 is 0 Å². The molecule has 0 saturated carbocycles. The van der Waals surface area contributed by atoms with Gasteiger partial charge in [-0.3, -0.25) is 0 Å². The van der Waals surface area contributed by atoms with E-state index in [0.29, 0.717) is 0 Å². The lowest BCUT2D eigenvalue weighted by Crippen LogP contribution is -2.14. The number of aromatic nitrogens is 4. The molecule has 0 fully saturated rings. The lowest BCUT2D eigenvalue weighted by atomic mass is 11.3. The number of nitrogens with one attached hydrogen (secondary N) is 1. The summed E-state index contributed by atoms with van der Waals surface area (Å²) in [4.78, 5) is 10.1. The lowest BCUT2D eigenvalue weighted by Gasteiger charge is -1.71. The Morgan fingerprint density at radius 3 is 2.71 bits per heavy atom. The summed E-state index contributed by atoms with van der Waals surface area (Å²) < 4.78 is 0. The molecule has 6 heteroatoms. The van der Waals surface area contributed by atoms with Crippen LogP contribution < -0.4 is 5.69 Å². The molecule has 0 atom stereocenters. The van der Waals surface area contributed by atoms with Crippen molar-refractivity contribution in [2.45, 2.75) is 0 Å². The van der Waals surface area contributed by atoms with Crippen molar-refractivity contribution in [3.8, 4) is 0 Å². The minimum atomic E-state index is -0.736. The Labute approximate surface area is 37.3 Å². The molecule has 0 radical (unpaired) electrons. The van der Waals surface area contributed by atoms with E-state index in [0.717, 1.165) is 0 Å². The predicted octanol–water partition coefficient (Wildman–Crippen LogP) is -1.80. The first kappa shape index (κ1) is 3.85. The monoisotopic (exact) mass is 102 g/mol. The molecule has 0 aliphatic carbocycles. The molecule has 1 heterocycles. The van der Waals surface area contributed by atoms with Gasteiger partial charge in [0.1, 0.15) is 0 Å². The Morgan fingerprint density at radius 1 is 1.86 bits per heavy atom. The maximum absolute atomic E-state index is 9.95. The van der Waals surface area contributed by atoms with E-state index in [1.54, 1.807) is 0 Å². The molecule has 0 aliphatic heterocycles. The van der Waals surface area contributed by atoms with Crippen LogP contribution >= 0.6 is 0 Å². The van der Waals surface area contributed by atoms with Crippen molar-refractivity contribution in [3.63, 3.8) is 0 Å². The van der Waals surface area contributed by atoms with Crippen LogP contribution in [0.15, 0.2) is 4.79 Å². The summed E-state index contributed by atoms with van der Waals surface area (Å²) in [5.74, 6) is 0. The molecule has 1 rings (SSSR count). The van der Waals surface area contributed by atoms with Gasteiger partial charge in [-0.05, 0) is 15.3 Å². The molecule has 7 heavy (non-hydrogen) atoms. The molecule has 2 N–H and O–H groups in total. The highest BCUT2D eigenvalue weighted by Gasteiger charge is 1.87. The highest BCUT2D eigenvalue weighted by atomic mass is 16.5. The second-order valence-electron chi connectivity index (χ2n) is 0.896. The molecule has 0 aliphatic rings. The van der Waals surface area contributed by atoms with Crippen LogP contribution in [-0.4, -0.2) is 25.6 Å². The van der Waals surface area contributed by atoms with Crippen LogP contribution in [0, 0.1) is 0 Å². The van der Waals surface area contributed by atoms with Gasteiger partial charge in [0.25, 0.3) is 0 Å². The maximum Gasteiger partial charge on any atom is 0.395 e. The number of rotatable bonds is 0. The van der Waals surface area contributed by atoms with Crippen LogP contribution in [0.3, 0.4) is 0 Å². The highest BCUT2D eigenvalue weighted by molar-refractivity contribution is 4.39. The fourth-order valence-electron chi connectivity index (χ4n) is 0.193. The van der Waals surface area contributed by atoms with Gasteiger partial charge in [-0.25, -0.2) is 9.89 Å². The number of tetrazole rings is 1. The van der Waals surface area contributed by atoms with E-state index >= 15 is 0 Å². The molecule has 6 nitrogen and oxygen atoms in total. The van der Waals surface area contributed by atoms with Crippen LogP contribution in [0.4, 0.5) is 0 Å². The minimum Gasteiger partial charge on any atom is -0.406 e. The normalized spacial score (nSPS) is 9.14. The Hall–Kier alpha value is -1.33. The number of H-pyrrole nitrogens is 1. The zero-order chi connectivity index (χ0) is 5.28. The first-order chi connectivity index (χ1) is 3.30. The minimum absolute atomic E-state index is 0.111. The molecular weight excluding hydrogens is 100 g/mol. The summed E-state index contributed by atoms with van der Waals surface area (Å²) in [7, 11) is 0. The zero-order valence-corrected chi connectivity index (χ0v) is 3.20. The average Bonchev–Trinajstić information content (AvgIpc) is 1.91. The highest BCUT2D eigenvalue weighted by Crippen LogP contribution is 1.45. The van der Waals surface area contributed by atoms with Crippen LogP contribution in [-0.2, 0) is 0 Å². The molecule has 0 unspecified atom stereocenters. The average molecular weight is 102 g/mol. The molecule has 38 valence electrons. The van der Waals surface area contributed by atoms with Gasteiger partial charge in [0, 0.05) is 0 Å². The Balaban J connectivity index is 3.39. The third-order valence-corrected chi connectivity index (χ3v) is 0.457. The van der Waals surface area contributed by atoms with Gasteiger partial charge in [0.2, 0.25) is 0 Å². The number of hydrogen-bond acceptors (Lipinski definition) is 4. The summed E-state index contributed by atoms with van der Waals surface area (Å²) in [6.45, 7) is 0. The van der Waals surface area contributed by atoms with Crippen LogP contribution in [0.5, 0.6) is 0 Å². The molecular formula is CH2N4O2. The zero-order valence-electron chi connectivity index (χ0n) is 3.20. The number of hydrogen-bond donors (Lipinski definition) is 2. The molecule has 0 spiro atoms. The fraction of sp³-hybridized carbons (Fsp3) is 0. The first-order valence-corrected chi connectivity index (χ1v) is 1.50. The number of nitrogens with zero attached hydrogens (tertiary/aromatic N) is 3. The predicted molar refractivity (Wildman–Crippen MR) is 17.8 cm³/mol. The molecule has 1 aromatic rings. The van der Waals surface area contributed by atoms with Crippen molar-refractivity contribution < 1.29 is 5.21 Å². The van der Waals surface area contributed by atoms with E-state index in [4.69, 9.17) is 5.21 Å². The van der Waals surface area contributed by atoms with Gasteiger partial charge >= 0.3 is 5.69 Å². The molecule has 0 saturated heterocycles. The quantitative estimate of drug-likeness (QED) is 0.378. The van der Waals surface area contributed by atoms with Gasteiger partial charge in [-0.1, -0.05) is 0 Å². The lowest BCUT2D eigenvalue weighted by molar-refractivity contribution is 0.134. The maximum atomic E-state index is 9.95. The van der Waals surface area contributed by atoms with E-state index in [2.05, 4.69) is 10.4 Å². The topological polar surface area (TPSA) is 83.8 Å². The Bertz CT molecular complexity index is 197. The third-order valence-electron chi connectivity index (χ3n) is 0.457. The van der Waals surface area contributed by atoms with Gasteiger partial charge < -0.3 is 5.21 Å². The Morgan fingerprint density at radius 2 is 2.57 bits per heavy atom. The fourth-order valence-corrected chi connectivity index (χ4v) is 0.193. The summed E-state index contributed by atoms with van der Waals surface area (Å²) in [5.41, 5.74) is -0.736. The standard InChI is InChI=1S/CH2N4O2/c6-1-2-3-4-5(1)7/h7H,(H,2,4,6). The third kappa shape index (κ3) is 0.443. The molecule has 0 aromatic carbocycles. The molecule has 0 bridgehead atoms. The van der Waals surface area contributed by atoms with Crippen LogP contribution in [0.1, 0.15) is 0 Å². The summed E-state index contributed by atoms with van der Waals surface area (Å²) in [5, 5.41) is 15.8. The largest absolute Gasteiger partial charge is 0.406 e. The molecule has 0 amide bonds. The van der Waals surface area contributed by atoms with Gasteiger partial charge in [-0.15, -0.1) is 0 Å².